The Hall–Kier alpha value is -1.32. The van der Waals surface area contributed by atoms with Crippen LogP contribution in [-0.4, -0.2) is 25.7 Å². The van der Waals surface area contributed by atoms with Gasteiger partial charge in [-0.05, 0) is 36.2 Å². The standard InChI is InChI=1S/C17H19BrN2/c18-15-6-8-17(9-7-15)20-11-10-19-16(13-20)12-14-4-2-1-3-5-14/h1-9,16,19H,10-13H2. The highest BCUT2D eigenvalue weighted by Crippen LogP contribution is 2.20. The topological polar surface area (TPSA) is 15.3 Å². The van der Waals surface area contributed by atoms with Gasteiger partial charge in [-0.25, -0.2) is 0 Å². The molecule has 2 aromatic rings. The molecule has 1 heterocycles. The molecule has 0 aliphatic carbocycles. The quantitative estimate of drug-likeness (QED) is 0.926. The fraction of sp³-hybridized carbons (Fsp3) is 0.294. The van der Waals surface area contributed by atoms with Gasteiger partial charge in [0.15, 0.2) is 0 Å². The third kappa shape index (κ3) is 3.41. The first kappa shape index (κ1) is 13.7. The van der Waals surface area contributed by atoms with Gasteiger partial charge >= 0.3 is 0 Å². The number of hydrogen-bond acceptors (Lipinski definition) is 2. The average Bonchev–Trinajstić information content (AvgIpc) is 2.49. The molecule has 3 heteroatoms. The van der Waals surface area contributed by atoms with Crippen molar-refractivity contribution in [2.45, 2.75) is 12.5 Å². The van der Waals surface area contributed by atoms with Gasteiger partial charge in [0.1, 0.15) is 0 Å². The van der Waals surface area contributed by atoms with Crippen LogP contribution in [0.25, 0.3) is 0 Å². The second kappa shape index (κ2) is 6.42. The van der Waals surface area contributed by atoms with Gasteiger partial charge in [-0.3, -0.25) is 0 Å². The lowest BCUT2D eigenvalue weighted by molar-refractivity contribution is 0.455. The fourth-order valence-corrected chi connectivity index (χ4v) is 3.01. The smallest absolute Gasteiger partial charge is 0.0367 e. The van der Waals surface area contributed by atoms with E-state index < -0.39 is 0 Å². The minimum absolute atomic E-state index is 0.523. The van der Waals surface area contributed by atoms with E-state index in [0.29, 0.717) is 6.04 Å². The summed E-state index contributed by atoms with van der Waals surface area (Å²) in [5.74, 6) is 0. The molecule has 0 spiro atoms. The maximum absolute atomic E-state index is 3.63. The summed E-state index contributed by atoms with van der Waals surface area (Å²) in [4.78, 5) is 2.47. The summed E-state index contributed by atoms with van der Waals surface area (Å²) in [7, 11) is 0. The molecular formula is C17H19BrN2. The maximum atomic E-state index is 3.63. The predicted octanol–water partition coefficient (Wildman–Crippen LogP) is 3.47. The van der Waals surface area contributed by atoms with Gasteiger partial charge < -0.3 is 10.2 Å². The van der Waals surface area contributed by atoms with Crippen molar-refractivity contribution in [1.29, 1.82) is 0 Å². The highest BCUT2D eigenvalue weighted by Gasteiger charge is 2.19. The van der Waals surface area contributed by atoms with Crippen LogP contribution in [0.5, 0.6) is 0 Å². The van der Waals surface area contributed by atoms with Crippen LogP contribution >= 0.6 is 15.9 Å². The van der Waals surface area contributed by atoms with E-state index in [1.165, 1.54) is 11.3 Å². The molecule has 0 bridgehead atoms. The lowest BCUT2D eigenvalue weighted by Crippen LogP contribution is -2.51. The van der Waals surface area contributed by atoms with Crippen LogP contribution in [-0.2, 0) is 6.42 Å². The number of rotatable bonds is 3. The van der Waals surface area contributed by atoms with E-state index in [1.807, 2.05) is 0 Å². The molecule has 1 aliphatic rings. The van der Waals surface area contributed by atoms with Crippen LogP contribution in [0.4, 0.5) is 5.69 Å². The molecule has 104 valence electrons. The van der Waals surface area contributed by atoms with Crippen LogP contribution in [0.15, 0.2) is 59.1 Å². The molecular weight excluding hydrogens is 312 g/mol. The van der Waals surface area contributed by atoms with Crippen LogP contribution in [0.1, 0.15) is 5.56 Å². The zero-order valence-electron chi connectivity index (χ0n) is 11.4. The van der Waals surface area contributed by atoms with Crippen LogP contribution in [0.3, 0.4) is 0 Å². The van der Waals surface area contributed by atoms with Gasteiger partial charge in [-0.2, -0.15) is 0 Å². The molecule has 2 nitrogen and oxygen atoms in total. The monoisotopic (exact) mass is 330 g/mol. The number of halogens is 1. The number of nitrogens with zero attached hydrogens (tertiary/aromatic N) is 1. The van der Waals surface area contributed by atoms with Crippen molar-refractivity contribution in [2.24, 2.45) is 0 Å². The van der Waals surface area contributed by atoms with Crippen LogP contribution in [0, 0.1) is 0 Å². The molecule has 20 heavy (non-hydrogen) atoms. The summed E-state index contributed by atoms with van der Waals surface area (Å²) in [6.45, 7) is 3.19. The molecule has 1 unspecified atom stereocenters. The zero-order valence-corrected chi connectivity index (χ0v) is 13.0. The zero-order chi connectivity index (χ0) is 13.8. The maximum Gasteiger partial charge on any atom is 0.0367 e. The van der Waals surface area contributed by atoms with E-state index in [0.717, 1.165) is 30.5 Å². The largest absolute Gasteiger partial charge is 0.369 e. The van der Waals surface area contributed by atoms with Gasteiger partial charge in [0.05, 0.1) is 0 Å². The van der Waals surface area contributed by atoms with E-state index in [-0.39, 0.29) is 0 Å². The molecule has 0 saturated carbocycles. The van der Waals surface area contributed by atoms with Gasteiger partial charge in [0.25, 0.3) is 0 Å². The first-order valence-electron chi connectivity index (χ1n) is 7.09. The Labute approximate surface area is 128 Å². The summed E-state index contributed by atoms with van der Waals surface area (Å²) in [6.07, 6.45) is 1.09. The van der Waals surface area contributed by atoms with E-state index in [9.17, 15) is 0 Å². The lowest BCUT2D eigenvalue weighted by atomic mass is 10.0. The average molecular weight is 331 g/mol. The Morgan fingerprint density at radius 2 is 1.80 bits per heavy atom. The second-order valence-electron chi connectivity index (χ2n) is 5.26. The third-order valence-electron chi connectivity index (χ3n) is 3.77. The fourth-order valence-electron chi connectivity index (χ4n) is 2.75. The molecule has 1 atom stereocenters. The van der Waals surface area contributed by atoms with Crippen molar-refractivity contribution in [1.82, 2.24) is 5.32 Å². The predicted molar refractivity (Wildman–Crippen MR) is 88.3 cm³/mol. The number of hydrogen-bond donors (Lipinski definition) is 1. The molecule has 0 amide bonds. The SMILES string of the molecule is Brc1ccc(N2CCNC(Cc3ccccc3)C2)cc1. The summed E-state index contributed by atoms with van der Waals surface area (Å²) in [5, 5.41) is 3.63. The molecule has 1 saturated heterocycles. The molecule has 0 aromatic heterocycles. The molecule has 0 radical (unpaired) electrons. The Morgan fingerprint density at radius 3 is 2.55 bits per heavy atom. The van der Waals surface area contributed by atoms with Gasteiger partial charge in [-0.15, -0.1) is 0 Å². The molecule has 2 aromatic carbocycles. The minimum atomic E-state index is 0.523. The Morgan fingerprint density at radius 1 is 1.05 bits per heavy atom. The Kier molecular flexibility index (Phi) is 4.38. The number of piperazine rings is 1. The van der Waals surface area contributed by atoms with Gasteiger partial charge in [0.2, 0.25) is 0 Å². The van der Waals surface area contributed by atoms with E-state index >= 15 is 0 Å². The summed E-state index contributed by atoms with van der Waals surface area (Å²) < 4.78 is 1.14. The highest BCUT2D eigenvalue weighted by molar-refractivity contribution is 9.10. The molecule has 3 rings (SSSR count). The van der Waals surface area contributed by atoms with Crippen LogP contribution < -0.4 is 10.2 Å². The van der Waals surface area contributed by atoms with Crippen molar-refractivity contribution in [3.05, 3.63) is 64.6 Å². The van der Waals surface area contributed by atoms with E-state index in [2.05, 4.69) is 80.7 Å². The van der Waals surface area contributed by atoms with E-state index in [4.69, 9.17) is 0 Å². The third-order valence-corrected chi connectivity index (χ3v) is 4.30. The Balaban J connectivity index is 1.66. The van der Waals surface area contributed by atoms with Gasteiger partial charge in [-0.1, -0.05) is 46.3 Å². The van der Waals surface area contributed by atoms with Crippen molar-refractivity contribution in [2.75, 3.05) is 24.5 Å². The van der Waals surface area contributed by atoms with Crippen molar-refractivity contribution in [3.8, 4) is 0 Å². The summed E-state index contributed by atoms with van der Waals surface area (Å²) >= 11 is 3.49. The van der Waals surface area contributed by atoms with E-state index in [1.54, 1.807) is 0 Å². The minimum Gasteiger partial charge on any atom is -0.369 e. The number of benzene rings is 2. The van der Waals surface area contributed by atoms with Crippen molar-refractivity contribution < 1.29 is 0 Å². The summed E-state index contributed by atoms with van der Waals surface area (Å²) in [5.41, 5.74) is 2.72. The normalized spacial score (nSPS) is 19.1. The lowest BCUT2D eigenvalue weighted by Gasteiger charge is -2.35. The first-order valence-corrected chi connectivity index (χ1v) is 7.88. The molecule has 1 fully saturated rings. The summed E-state index contributed by atoms with van der Waals surface area (Å²) in [6, 6.07) is 19.9. The van der Waals surface area contributed by atoms with Gasteiger partial charge in [0, 0.05) is 35.8 Å². The second-order valence-corrected chi connectivity index (χ2v) is 6.18. The Bertz CT molecular complexity index is 539. The first-order chi connectivity index (χ1) is 9.81. The number of nitrogens with one attached hydrogen (secondary N) is 1. The highest BCUT2D eigenvalue weighted by atomic mass is 79.9. The van der Waals surface area contributed by atoms with Crippen molar-refractivity contribution in [3.63, 3.8) is 0 Å². The molecule has 1 N–H and O–H groups in total. The number of anilines is 1. The van der Waals surface area contributed by atoms with Crippen LogP contribution in [0.2, 0.25) is 0 Å². The molecule has 1 aliphatic heterocycles. The van der Waals surface area contributed by atoms with Crippen molar-refractivity contribution >= 4 is 21.6 Å².